The van der Waals surface area contributed by atoms with E-state index in [0.29, 0.717) is 19.5 Å². The van der Waals surface area contributed by atoms with Gasteiger partial charge in [-0.2, -0.15) is 0 Å². The third-order valence-electron chi connectivity index (χ3n) is 2.85. The Morgan fingerprint density at radius 3 is 2.78 bits per heavy atom. The first kappa shape index (κ1) is 12.4. The Morgan fingerprint density at radius 1 is 1.33 bits per heavy atom. The number of carbonyl (C=O) groups is 2. The van der Waals surface area contributed by atoms with E-state index in [9.17, 15) is 9.59 Å². The van der Waals surface area contributed by atoms with Crippen LogP contribution in [0.25, 0.3) is 0 Å². The van der Waals surface area contributed by atoms with Gasteiger partial charge in [-0.3, -0.25) is 4.79 Å². The number of amides is 3. The first-order valence-corrected chi connectivity index (χ1v) is 6.09. The largest absolute Gasteiger partial charge is 0.354 e. The molecule has 1 unspecified atom stereocenters. The lowest BCUT2D eigenvalue weighted by molar-refractivity contribution is -0.119. The van der Waals surface area contributed by atoms with Crippen molar-refractivity contribution in [3.05, 3.63) is 35.9 Å². The number of urea groups is 1. The molecule has 0 bridgehead atoms. The lowest BCUT2D eigenvalue weighted by Gasteiger charge is -2.11. The highest BCUT2D eigenvalue weighted by atomic mass is 16.2. The van der Waals surface area contributed by atoms with E-state index in [1.807, 2.05) is 30.3 Å². The van der Waals surface area contributed by atoms with Gasteiger partial charge >= 0.3 is 6.03 Å². The molecule has 5 heteroatoms. The van der Waals surface area contributed by atoms with E-state index in [0.717, 1.165) is 6.42 Å². The SMILES string of the molecule is O=C1CC(NC(=O)NCCc2ccccc2)CN1. The van der Waals surface area contributed by atoms with Crippen LogP contribution in [0.3, 0.4) is 0 Å². The predicted octanol–water partition coefficient (Wildman–Crippen LogP) is 0.417. The maximum Gasteiger partial charge on any atom is 0.315 e. The lowest BCUT2D eigenvalue weighted by Crippen LogP contribution is -2.43. The van der Waals surface area contributed by atoms with Crippen molar-refractivity contribution in [2.75, 3.05) is 13.1 Å². The minimum atomic E-state index is -0.215. The van der Waals surface area contributed by atoms with E-state index in [2.05, 4.69) is 16.0 Å². The van der Waals surface area contributed by atoms with Gasteiger partial charge < -0.3 is 16.0 Å². The molecule has 1 aliphatic rings. The Balaban J connectivity index is 1.64. The van der Waals surface area contributed by atoms with Crippen LogP contribution in [0.5, 0.6) is 0 Å². The van der Waals surface area contributed by atoms with E-state index in [4.69, 9.17) is 0 Å². The molecule has 18 heavy (non-hydrogen) atoms. The van der Waals surface area contributed by atoms with Crippen molar-refractivity contribution in [3.8, 4) is 0 Å². The Hall–Kier alpha value is -2.04. The smallest absolute Gasteiger partial charge is 0.315 e. The summed E-state index contributed by atoms with van der Waals surface area (Å²) in [4.78, 5) is 22.5. The van der Waals surface area contributed by atoms with Gasteiger partial charge in [0.25, 0.3) is 0 Å². The molecule has 0 spiro atoms. The summed E-state index contributed by atoms with van der Waals surface area (Å²) in [6.45, 7) is 1.11. The average molecular weight is 247 g/mol. The second-order valence-corrected chi connectivity index (χ2v) is 4.34. The van der Waals surface area contributed by atoms with Crippen LogP contribution >= 0.6 is 0 Å². The van der Waals surface area contributed by atoms with Gasteiger partial charge in [0.1, 0.15) is 0 Å². The van der Waals surface area contributed by atoms with Crippen LogP contribution < -0.4 is 16.0 Å². The van der Waals surface area contributed by atoms with Gasteiger partial charge in [-0.25, -0.2) is 4.79 Å². The second-order valence-electron chi connectivity index (χ2n) is 4.34. The quantitative estimate of drug-likeness (QED) is 0.721. The zero-order valence-electron chi connectivity index (χ0n) is 10.1. The van der Waals surface area contributed by atoms with Crippen molar-refractivity contribution in [2.24, 2.45) is 0 Å². The van der Waals surface area contributed by atoms with Crippen molar-refractivity contribution in [1.29, 1.82) is 0 Å². The number of carbonyl (C=O) groups excluding carboxylic acids is 2. The molecule has 1 atom stereocenters. The Morgan fingerprint density at radius 2 is 2.11 bits per heavy atom. The Bertz CT molecular complexity index is 420. The molecule has 3 N–H and O–H groups in total. The number of nitrogens with one attached hydrogen (secondary N) is 3. The lowest BCUT2D eigenvalue weighted by atomic mass is 10.1. The van der Waals surface area contributed by atoms with Crippen molar-refractivity contribution in [2.45, 2.75) is 18.9 Å². The molecule has 0 saturated carbocycles. The average Bonchev–Trinajstić information content (AvgIpc) is 2.76. The molecular weight excluding hydrogens is 230 g/mol. The highest BCUT2D eigenvalue weighted by molar-refractivity contribution is 5.81. The Labute approximate surface area is 106 Å². The monoisotopic (exact) mass is 247 g/mol. The van der Waals surface area contributed by atoms with Gasteiger partial charge in [0.2, 0.25) is 5.91 Å². The van der Waals surface area contributed by atoms with Gasteiger partial charge in [-0.1, -0.05) is 30.3 Å². The van der Waals surface area contributed by atoms with Gasteiger partial charge in [0.15, 0.2) is 0 Å². The van der Waals surface area contributed by atoms with Crippen molar-refractivity contribution < 1.29 is 9.59 Å². The third-order valence-corrected chi connectivity index (χ3v) is 2.85. The van der Waals surface area contributed by atoms with E-state index < -0.39 is 0 Å². The molecule has 0 aliphatic carbocycles. The minimum Gasteiger partial charge on any atom is -0.354 e. The first-order chi connectivity index (χ1) is 8.74. The molecule has 0 radical (unpaired) electrons. The molecule has 3 amide bonds. The number of hydrogen-bond acceptors (Lipinski definition) is 2. The van der Waals surface area contributed by atoms with Gasteiger partial charge in [-0.05, 0) is 12.0 Å². The highest BCUT2D eigenvalue weighted by Gasteiger charge is 2.22. The molecule has 96 valence electrons. The molecule has 2 rings (SSSR count). The van der Waals surface area contributed by atoms with E-state index in [-0.39, 0.29) is 18.0 Å². The maximum absolute atomic E-state index is 11.5. The molecule has 1 fully saturated rings. The Kier molecular flexibility index (Phi) is 4.17. The van der Waals surface area contributed by atoms with E-state index in [1.165, 1.54) is 5.56 Å². The molecular formula is C13H17N3O2. The summed E-state index contributed by atoms with van der Waals surface area (Å²) >= 11 is 0. The van der Waals surface area contributed by atoms with Crippen LogP contribution in [0.4, 0.5) is 4.79 Å². The summed E-state index contributed by atoms with van der Waals surface area (Å²) in [5.74, 6) is -0.00964. The number of hydrogen-bond donors (Lipinski definition) is 3. The third kappa shape index (κ3) is 3.76. The first-order valence-electron chi connectivity index (χ1n) is 6.09. The molecule has 1 saturated heterocycles. The molecule has 1 aliphatic heterocycles. The van der Waals surface area contributed by atoms with Crippen LogP contribution in [0.1, 0.15) is 12.0 Å². The standard InChI is InChI=1S/C13H17N3O2/c17-12-8-11(9-15-12)16-13(18)14-7-6-10-4-2-1-3-5-10/h1-5,11H,6-9H2,(H,15,17)(H2,14,16,18). The molecule has 5 nitrogen and oxygen atoms in total. The van der Waals surface area contributed by atoms with Crippen LogP contribution in [-0.2, 0) is 11.2 Å². The summed E-state index contributed by atoms with van der Waals surface area (Å²) in [6, 6.07) is 9.67. The van der Waals surface area contributed by atoms with Crippen LogP contribution in [0.15, 0.2) is 30.3 Å². The molecule has 1 heterocycles. The molecule has 0 aromatic heterocycles. The van der Waals surface area contributed by atoms with E-state index >= 15 is 0 Å². The zero-order valence-corrected chi connectivity index (χ0v) is 10.1. The van der Waals surface area contributed by atoms with Crippen LogP contribution in [0, 0.1) is 0 Å². The fourth-order valence-electron chi connectivity index (χ4n) is 1.91. The zero-order chi connectivity index (χ0) is 12.8. The number of benzene rings is 1. The summed E-state index contributed by atoms with van der Waals surface area (Å²) in [5.41, 5.74) is 1.19. The summed E-state index contributed by atoms with van der Waals surface area (Å²) < 4.78 is 0. The fraction of sp³-hybridized carbons (Fsp3) is 0.385. The normalized spacial score (nSPS) is 18.2. The van der Waals surface area contributed by atoms with Gasteiger partial charge in [0, 0.05) is 19.5 Å². The summed E-state index contributed by atoms with van der Waals surface area (Å²) in [7, 11) is 0. The van der Waals surface area contributed by atoms with Crippen LogP contribution in [0.2, 0.25) is 0 Å². The van der Waals surface area contributed by atoms with Crippen molar-refractivity contribution in [1.82, 2.24) is 16.0 Å². The topological polar surface area (TPSA) is 70.2 Å². The molecule has 1 aromatic rings. The van der Waals surface area contributed by atoms with Crippen molar-refractivity contribution in [3.63, 3.8) is 0 Å². The molecule has 1 aromatic carbocycles. The summed E-state index contributed by atoms with van der Waals surface area (Å²) in [5, 5.41) is 8.22. The van der Waals surface area contributed by atoms with Gasteiger partial charge in [0.05, 0.1) is 6.04 Å². The van der Waals surface area contributed by atoms with Gasteiger partial charge in [-0.15, -0.1) is 0 Å². The van der Waals surface area contributed by atoms with Crippen LogP contribution in [-0.4, -0.2) is 31.1 Å². The predicted molar refractivity (Wildman–Crippen MR) is 68.1 cm³/mol. The maximum atomic E-state index is 11.5. The minimum absolute atomic E-state index is 0.00964. The summed E-state index contributed by atoms with van der Waals surface area (Å²) in [6.07, 6.45) is 1.17. The van der Waals surface area contributed by atoms with E-state index in [1.54, 1.807) is 0 Å². The number of rotatable bonds is 4. The van der Waals surface area contributed by atoms with Crippen molar-refractivity contribution >= 4 is 11.9 Å². The highest BCUT2D eigenvalue weighted by Crippen LogP contribution is 1.99. The fourth-order valence-corrected chi connectivity index (χ4v) is 1.91. The second kappa shape index (κ2) is 6.05.